The second-order valence-corrected chi connectivity index (χ2v) is 5.71. The highest BCUT2D eigenvalue weighted by Gasteiger charge is 2.11. The van der Waals surface area contributed by atoms with Gasteiger partial charge in [-0.05, 0) is 33.2 Å². The lowest BCUT2D eigenvalue weighted by Crippen LogP contribution is -2.44. The van der Waals surface area contributed by atoms with Crippen LogP contribution in [-0.4, -0.2) is 74.0 Å². The van der Waals surface area contributed by atoms with Gasteiger partial charge in [0.25, 0.3) is 0 Å². The Morgan fingerprint density at radius 1 is 1.09 bits per heavy atom. The van der Waals surface area contributed by atoms with E-state index in [-0.39, 0.29) is 11.8 Å². The Morgan fingerprint density at radius 3 is 2.41 bits per heavy atom. The average Bonchev–Trinajstić information content (AvgIpc) is 2.54. The lowest BCUT2D eigenvalue weighted by atomic mass is 10.2. The lowest BCUT2D eigenvalue weighted by Gasteiger charge is -2.27. The summed E-state index contributed by atoms with van der Waals surface area (Å²) in [4.78, 5) is 27.8. The number of nitrogens with one attached hydrogen (secondary N) is 2. The first-order chi connectivity index (χ1) is 10.7. The molecule has 0 radical (unpaired) electrons. The second kappa shape index (κ2) is 11.4. The van der Waals surface area contributed by atoms with Crippen LogP contribution in [0.5, 0.6) is 0 Å². The number of amides is 2. The molecule has 0 spiro atoms. The number of hydrogen-bond donors (Lipinski definition) is 2. The van der Waals surface area contributed by atoms with E-state index >= 15 is 0 Å². The maximum Gasteiger partial charge on any atom is 0.222 e. The van der Waals surface area contributed by atoms with Gasteiger partial charge >= 0.3 is 0 Å². The van der Waals surface area contributed by atoms with Crippen molar-refractivity contribution in [2.24, 2.45) is 0 Å². The van der Waals surface area contributed by atoms with Crippen LogP contribution < -0.4 is 10.6 Å². The van der Waals surface area contributed by atoms with Crippen LogP contribution in [0.25, 0.3) is 0 Å². The molecule has 0 aromatic carbocycles. The Hall–Kier alpha value is -1.14. The Kier molecular flexibility index (Phi) is 9.82. The molecule has 1 aliphatic heterocycles. The van der Waals surface area contributed by atoms with E-state index in [0.717, 1.165) is 58.8 Å². The minimum Gasteiger partial charge on any atom is -0.356 e. The van der Waals surface area contributed by atoms with Crippen molar-refractivity contribution in [1.29, 1.82) is 0 Å². The zero-order valence-corrected chi connectivity index (χ0v) is 14.2. The Balaban J connectivity index is 2.00. The molecule has 128 valence electrons. The third-order valence-electron chi connectivity index (χ3n) is 4.09. The van der Waals surface area contributed by atoms with Crippen molar-refractivity contribution in [2.75, 3.05) is 52.4 Å². The molecule has 22 heavy (non-hydrogen) atoms. The van der Waals surface area contributed by atoms with Gasteiger partial charge in [-0.15, -0.1) is 0 Å². The van der Waals surface area contributed by atoms with Gasteiger partial charge in [-0.25, -0.2) is 0 Å². The SMILES string of the molecule is CCN(CC)C(=O)CCCC(=O)NCCCN1CCNCC1. The van der Waals surface area contributed by atoms with Crippen molar-refractivity contribution >= 4 is 11.8 Å². The van der Waals surface area contributed by atoms with Crippen molar-refractivity contribution in [2.45, 2.75) is 39.5 Å². The number of carbonyl (C=O) groups is 2. The number of rotatable bonds is 10. The predicted molar refractivity (Wildman–Crippen MR) is 88.7 cm³/mol. The molecule has 1 saturated heterocycles. The van der Waals surface area contributed by atoms with Crippen LogP contribution in [0.3, 0.4) is 0 Å². The molecule has 1 heterocycles. The molecule has 1 aliphatic rings. The number of piperazine rings is 1. The van der Waals surface area contributed by atoms with E-state index in [1.807, 2.05) is 18.7 Å². The van der Waals surface area contributed by atoms with Gasteiger partial charge in [0, 0.05) is 58.7 Å². The van der Waals surface area contributed by atoms with Crippen LogP contribution in [0.2, 0.25) is 0 Å². The predicted octanol–water partition coefficient (Wildman–Crippen LogP) is 0.437. The highest BCUT2D eigenvalue weighted by molar-refractivity contribution is 5.78. The summed E-state index contributed by atoms with van der Waals surface area (Å²) in [6.07, 6.45) is 2.54. The minimum absolute atomic E-state index is 0.0626. The molecule has 1 fully saturated rings. The Bertz CT molecular complexity index is 326. The van der Waals surface area contributed by atoms with Crippen molar-refractivity contribution in [1.82, 2.24) is 20.4 Å². The normalized spacial score (nSPS) is 15.5. The summed E-state index contributed by atoms with van der Waals surface area (Å²) in [6.45, 7) is 11.5. The van der Waals surface area contributed by atoms with Gasteiger partial charge in [0.15, 0.2) is 0 Å². The van der Waals surface area contributed by atoms with Crippen LogP contribution >= 0.6 is 0 Å². The minimum atomic E-state index is 0.0626. The monoisotopic (exact) mass is 312 g/mol. The maximum atomic E-state index is 11.8. The molecule has 0 unspecified atom stereocenters. The highest BCUT2D eigenvalue weighted by atomic mass is 16.2. The summed E-state index contributed by atoms with van der Waals surface area (Å²) >= 11 is 0. The lowest BCUT2D eigenvalue weighted by molar-refractivity contribution is -0.131. The van der Waals surface area contributed by atoms with E-state index in [1.54, 1.807) is 0 Å². The molecular formula is C16H32N4O2. The summed E-state index contributed by atoms with van der Waals surface area (Å²) in [5.41, 5.74) is 0. The van der Waals surface area contributed by atoms with Crippen LogP contribution in [0.4, 0.5) is 0 Å². The molecule has 6 nitrogen and oxygen atoms in total. The Labute approximate surface area is 134 Å². The van der Waals surface area contributed by atoms with Crippen LogP contribution in [0.15, 0.2) is 0 Å². The van der Waals surface area contributed by atoms with E-state index in [9.17, 15) is 9.59 Å². The quantitative estimate of drug-likeness (QED) is 0.575. The molecule has 0 aromatic heterocycles. The van der Waals surface area contributed by atoms with Crippen molar-refractivity contribution in [3.63, 3.8) is 0 Å². The first-order valence-corrected chi connectivity index (χ1v) is 8.64. The van der Waals surface area contributed by atoms with E-state index in [1.165, 1.54) is 0 Å². The molecule has 0 aliphatic carbocycles. The molecule has 2 N–H and O–H groups in total. The standard InChI is InChI=1S/C16H32N4O2/c1-3-20(4-2)16(22)8-5-7-15(21)18-9-6-12-19-13-10-17-11-14-19/h17H,3-14H2,1-2H3,(H,18,21). The third kappa shape index (κ3) is 7.75. The van der Waals surface area contributed by atoms with E-state index in [2.05, 4.69) is 15.5 Å². The fraction of sp³-hybridized carbons (Fsp3) is 0.875. The van der Waals surface area contributed by atoms with E-state index in [4.69, 9.17) is 0 Å². The van der Waals surface area contributed by atoms with Gasteiger partial charge in [-0.1, -0.05) is 0 Å². The highest BCUT2D eigenvalue weighted by Crippen LogP contribution is 2.01. The second-order valence-electron chi connectivity index (χ2n) is 5.71. The van der Waals surface area contributed by atoms with Gasteiger partial charge in [0.1, 0.15) is 0 Å². The maximum absolute atomic E-state index is 11.8. The number of hydrogen-bond acceptors (Lipinski definition) is 4. The summed E-state index contributed by atoms with van der Waals surface area (Å²) in [7, 11) is 0. The number of carbonyl (C=O) groups excluding carboxylic acids is 2. The fourth-order valence-electron chi connectivity index (χ4n) is 2.69. The smallest absolute Gasteiger partial charge is 0.222 e. The third-order valence-corrected chi connectivity index (χ3v) is 4.09. The summed E-state index contributed by atoms with van der Waals surface area (Å²) in [5, 5.41) is 6.28. The molecule has 0 saturated carbocycles. The zero-order valence-electron chi connectivity index (χ0n) is 14.2. The van der Waals surface area contributed by atoms with E-state index in [0.29, 0.717) is 19.3 Å². The van der Waals surface area contributed by atoms with Crippen molar-refractivity contribution in [3.05, 3.63) is 0 Å². The molecule has 1 rings (SSSR count). The molecular weight excluding hydrogens is 280 g/mol. The van der Waals surface area contributed by atoms with Gasteiger partial charge in [-0.3, -0.25) is 9.59 Å². The first-order valence-electron chi connectivity index (χ1n) is 8.64. The van der Waals surface area contributed by atoms with Crippen molar-refractivity contribution < 1.29 is 9.59 Å². The number of nitrogens with zero attached hydrogens (tertiary/aromatic N) is 2. The summed E-state index contributed by atoms with van der Waals surface area (Å²) < 4.78 is 0. The van der Waals surface area contributed by atoms with E-state index < -0.39 is 0 Å². The van der Waals surface area contributed by atoms with Gasteiger partial charge < -0.3 is 20.4 Å². The molecule has 0 atom stereocenters. The fourth-order valence-corrected chi connectivity index (χ4v) is 2.69. The Morgan fingerprint density at radius 2 is 1.77 bits per heavy atom. The van der Waals surface area contributed by atoms with Crippen molar-refractivity contribution in [3.8, 4) is 0 Å². The van der Waals surface area contributed by atoms with Gasteiger partial charge in [0.2, 0.25) is 11.8 Å². The molecule has 0 bridgehead atoms. The van der Waals surface area contributed by atoms with Crippen LogP contribution in [0.1, 0.15) is 39.5 Å². The largest absolute Gasteiger partial charge is 0.356 e. The van der Waals surface area contributed by atoms with Gasteiger partial charge in [0.05, 0.1) is 0 Å². The van der Waals surface area contributed by atoms with Crippen LogP contribution in [-0.2, 0) is 9.59 Å². The van der Waals surface area contributed by atoms with Crippen LogP contribution in [0, 0.1) is 0 Å². The molecule has 2 amide bonds. The zero-order chi connectivity index (χ0) is 16.2. The van der Waals surface area contributed by atoms with Gasteiger partial charge in [-0.2, -0.15) is 0 Å². The summed E-state index contributed by atoms with van der Waals surface area (Å²) in [6, 6.07) is 0. The summed E-state index contributed by atoms with van der Waals surface area (Å²) in [5.74, 6) is 0.212. The topological polar surface area (TPSA) is 64.7 Å². The molecule has 6 heteroatoms. The molecule has 0 aromatic rings. The first kappa shape index (κ1) is 18.9. The average molecular weight is 312 g/mol.